The van der Waals surface area contributed by atoms with E-state index in [1.54, 1.807) is 31.3 Å². The highest BCUT2D eigenvalue weighted by molar-refractivity contribution is 6.05. The second-order valence-electron chi connectivity index (χ2n) is 4.28. The summed E-state index contributed by atoms with van der Waals surface area (Å²) in [6.07, 6.45) is 0. The van der Waals surface area contributed by atoms with Crippen LogP contribution in [0.5, 0.6) is 5.75 Å². The van der Waals surface area contributed by atoms with E-state index >= 15 is 0 Å². The third kappa shape index (κ3) is 2.20. The fraction of sp³-hybridized carbons (Fsp3) is 0.154. The molecule has 0 radical (unpaired) electrons. The minimum Gasteiger partial charge on any atom is -0.506 e. The van der Waals surface area contributed by atoms with E-state index in [1.807, 2.05) is 5.43 Å². The highest BCUT2D eigenvalue weighted by Crippen LogP contribution is 2.25. The minimum atomic E-state index is -0.846. The van der Waals surface area contributed by atoms with Crippen molar-refractivity contribution in [3.63, 3.8) is 0 Å². The Morgan fingerprint density at radius 2 is 2.05 bits per heavy atom. The minimum absolute atomic E-state index is 0.0277. The Morgan fingerprint density at radius 3 is 2.70 bits per heavy atom. The molecule has 2 rings (SSSR count). The number of aryl methyl sites for hydroxylation is 1. The molecular formula is C13H14N4O3. The lowest BCUT2D eigenvalue weighted by atomic mass is 10.1. The number of hydrogen-bond donors (Lipinski definition) is 3. The standard InChI is InChI=1S/C13H14N4O3/c1-7(15-16-13(14)20)10-11(18)8-5-3-4-6-9(8)17(2)12(10)19/h3-6,18H,1-2H3,(H3,14,16,20)/b15-7+. The highest BCUT2D eigenvalue weighted by Gasteiger charge is 2.16. The fourth-order valence-electron chi connectivity index (χ4n) is 2.00. The fourth-order valence-corrected chi connectivity index (χ4v) is 2.00. The van der Waals surface area contributed by atoms with Crippen LogP contribution in [-0.2, 0) is 7.05 Å². The van der Waals surface area contributed by atoms with Gasteiger partial charge in [0.05, 0.1) is 11.2 Å². The second kappa shape index (κ2) is 5.04. The first kappa shape index (κ1) is 13.6. The van der Waals surface area contributed by atoms with Gasteiger partial charge in [-0.25, -0.2) is 10.2 Å². The van der Waals surface area contributed by atoms with Crippen LogP contribution < -0.4 is 16.7 Å². The number of aromatic nitrogens is 1. The molecule has 2 aromatic rings. The average molecular weight is 274 g/mol. The van der Waals surface area contributed by atoms with Crippen molar-refractivity contribution in [2.45, 2.75) is 6.92 Å². The van der Waals surface area contributed by atoms with Crippen LogP contribution >= 0.6 is 0 Å². The maximum absolute atomic E-state index is 12.3. The molecule has 1 heterocycles. The molecule has 2 amide bonds. The van der Waals surface area contributed by atoms with Crippen LogP contribution in [0, 0.1) is 0 Å². The number of nitrogens with one attached hydrogen (secondary N) is 1. The lowest BCUT2D eigenvalue weighted by Gasteiger charge is -2.11. The molecule has 1 aromatic carbocycles. The number of aromatic hydroxyl groups is 1. The molecule has 0 saturated heterocycles. The normalized spacial score (nSPS) is 11.6. The lowest BCUT2D eigenvalue weighted by molar-refractivity contribution is 0.249. The van der Waals surface area contributed by atoms with E-state index in [0.717, 1.165) is 0 Å². The summed E-state index contributed by atoms with van der Waals surface area (Å²) in [6, 6.07) is 6.11. The predicted molar refractivity (Wildman–Crippen MR) is 75.8 cm³/mol. The van der Waals surface area contributed by atoms with E-state index in [-0.39, 0.29) is 17.0 Å². The van der Waals surface area contributed by atoms with Crippen molar-refractivity contribution in [1.82, 2.24) is 9.99 Å². The van der Waals surface area contributed by atoms with Gasteiger partial charge in [-0.3, -0.25) is 4.79 Å². The van der Waals surface area contributed by atoms with Gasteiger partial charge in [-0.2, -0.15) is 5.10 Å². The van der Waals surface area contributed by atoms with Gasteiger partial charge >= 0.3 is 6.03 Å². The number of hydrogen-bond acceptors (Lipinski definition) is 4. The van der Waals surface area contributed by atoms with Gasteiger partial charge in [-0.1, -0.05) is 12.1 Å². The summed E-state index contributed by atoms with van der Waals surface area (Å²) in [5.74, 6) is -0.170. The number of carbonyl (C=O) groups excluding carboxylic acids is 1. The zero-order valence-corrected chi connectivity index (χ0v) is 11.0. The van der Waals surface area contributed by atoms with E-state index in [4.69, 9.17) is 5.73 Å². The Hall–Kier alpha value is -2.83. The zero-order valence-electron chi connectivity index (χ0n) is 11.0. The van der Waals surface area contributed by atoms with Gasteiger partial charge in [-0.05, 0) is 19.1 Å². The van der Waals surface area contributed by atoms with Crippen LogP contribution in [0.2, 0.25) is 0 Å². The van der Waals surface area contributed by atoms with Gasteiger partial charge in [0, 0.05) is 12.4 Å². The van der Waals surface area contributed by atoms with Crippen molar-refractivity contribution in [3.05, 3.63) is 40.2 Å². The number of nitrogens with two attached hydrogens (primary N) is 1. The van der Waals surface area contributed by atoms with Gasteiger partial charge in [-0.15, -0.1) is 0 Å². The molecule has 7 heteroatoms. The number of nitrogens with zero attached hydrogens (tertiary/aromatic N) is 2. The molecule has 0 aliphatic rings. The third-order valence-electron chi connectivity index (χ3n) is 2.97. The molecule has 1 aromatic heterocycles. The topological polar surface area (TPSA) is 110 Å². The van der Waals surface area contributed by atoms with Crippen LogP contribution in [-0.4, -0.2) is 21.4 Å². The number of primary amides is 1. The zero-order chi connectivity index (χ0) is 14.9. The molecular weight excluding hydrogens is 260 g/mol. The first-order chi connectivity index (χ1) is 9.43. The molecule has 0 spiro atoms. The molecule has 20 heavy (non-hydrogen) atoms. The van der Waals surface area contributed by atoms with E-state index in [9.17, 15) is 14.7 Å². The number of urea groups is 1. The van der Waals surface area contributed by atoms with Crippen molar-refractivity contribution in [2.24, 2.45) is 17.9 Å². The van der Waals surface area contributed by atoms with Crippen molar-refractivity contribution >= 4 is 22.6 Å². The maximum Gasteiger partial charge on any atom is 0.332 e. The molecule has 0 bridgehead atoms. The van der Waals surface area contributed by atoms with Gasteiger partial charge in [0.1, 0.15) is 11.3 Å². The highest BCUT2D eigenvalue weighted by atomic mass is 16.3. The monoisotopic (exact) mass is 274 g/mol. The Morgan fingerprint density at radius 1 is 1.40 bits per heavy atom. The summed E-state index contributed by atoms with van der Waals surface area (Å²) >= 11 is 0. The van der Waals surface area contributed by atoms with Crippen LogP contribution in [0.1, 0.15) is 12.5 Å². The molecule has 0 aliphatic carbocycles. The molecule has 0 unspecified atom stereocenters. The van der Waals surface area contributed by atoms with Crippen LogP contribution in [0.4, 0.5) is 4.79 Å². The molecule has 104 valence electrons. The van der Waals surface area contributed by atoms with E-state index in [0.29, 0.717) is 10.9 Å². The second-order valence-corrected chi connectivity index (χ2v) is 4.28. The van der Waals surface area contributed by atoms with Gasteiger partial charge < -0.3 is 15.4 Å². The number of pyridine rings is 1. The number of amides is 2. The molecule has 0 fully saturated rings. The van der Waals surface area contributed by atoms with E-state index in [2.05, 4.69) is 5.10 Å². The summed E-state index contributed by atoms with van der Waals surface area (Å²) in [6.45, 7) is 1.50. The molecule has 0 saturated carbocycles. The van der Waals surface area contributed by atoms with Crippen molar-refractivity contribution in [2.75, 3.05) is 0 Å². The first-order valence-corrected chi connectivity index (χ1v) is 5.84. The SMILES string of the molecule is C/C(=N\NC(N)=O)c1c(O)c2ccccc2n(C)c1=O. The van der Waals surface area contributed by atoms with Crippen LogP contribution in [0.3, 0.4) is 0 Å². The largest absolute Gasteiger partial charge is 0.506 e. The molecule has 0 aliphatic heterocycles. The van der Waals surface area contributed by atoms with E-state index < -0.39 is 11.6 Å². The molecule has 7 nitrogen and oxygen atoms in total. The summed E-state index contributed by atoms with van der Waals surface area (Å²) < 4.78 is 1.41. The smallest absolute Gasteiger partial charge is 0.332 e. The summed E-state index contributed by atoms with van der Waals surface area (Å²) in [5.41, 5.74) is 7.34. The summed E-state index contributed by atoms with van der Waals surface area (Å²) in [7, 11) is 1.60. The lowest BCUT2D eigenvalue weighted by Crippen LogP contribution is -2.28. The Kier molecular flexibility index (Phi) is 3.43. The van der Waals surface area contributed by atoms with Crippen LogP contribution in [0.15, 0.2) is 34.2 Å². The number of hydrazone groups is 1. The van der Waals surface area contributed by atoms with Crippen LogP contribution in [0.25, 0.3) is 10.9 Å². The van der Waals surface area contributed by atoms with Gasteiger partial charge in [0.2, 0.25) is 0 Å². The number of para-hydroxylation sites is 1. The number of rotatable bonds is 2. The third-order valence-corrected chi connectivity index (χ3v) is 2.97. The van der Waals surface area contributed by atoms with Crippen molar-refractivity contribution < 1.29 is 9.90 Å². The molecule has 0 atom stereocenters. The summed E-state index contributed by atoms with van der Waals surface area (Å²) in [5, 5.41) is 14.5. The number of benzene rings is 1. The maximum atomic E-state index is 12.3. The summed E-state index contributed by atoms with van der Waals surface area (Å²) in [4.78, 5) is 22.9. The van der Waals surface area contributed by atoms with E-state index in [1.165, 1.54) is 11.5 Å². The number of carbonyl (C=O) groups is 1. The van der Waals surface area contributed by atoms with Crippen molar-refractivity contribution in [3.8, 4) is 5.75 Å². The quantitative estimate of drug-likeness (QED) is 0.552. The Bertz CT molecular complexity index is 777. The van der Waals surface area contributed by atoms with Gasteiger partial charge in [0.15, 0.2) is 0 Å². The average Bonchev–Trinajstić information content (AvgIpc) is 2.43. The Labute approximate surface area is 114 Å². The first-order valence-electron chi connectivity index (χ1n) is 5.84. The van der Waals surface area contributed by atoms with Crippen molar-refractivity contribution in [1.29, 1.82) is 0 Å². The predicted octanol–water partition coefficient (Wildman–Crippen LogP) is 0.636. The van der Waals surface area contributed by atoms with Gasteiger partial charge in [0.25, 0.3) is 5.56 Å². The Balaban J connectivity index is 2.74. The number of fused-ring (bicyclic) bond motifs is 1. The molecule has 4 N–H and O–H groups in total.